The van der Waals surface area contributed by atoms with Crippen LogP contribution in [0.3, 0.4) is 0 Å². The molecule has 1 aliphatic carbocycles. The van der Waals surface area contributed by atoms with Crippen molar-refractivity contribution in [3.05, 3.63) is 16.6 Å². The van der Waals surface area contributed by atoms with Crippen LogP contribution in [0, 0.1) is 0 Å². The third-order valence-corrected chi connectivity index (χ3v) is 4.89. The Labute approximate surface area is 122 Å². The van der Waals surface area contributed by atoms with Crippen LogP contribution >= 0.6 is 11.3 Å². The lowest BCUT2D eigenvalue weighted by Gasteiger charge is -2.29. The minimum Gasteiger partial charge on any atom is -0.299 e. The summed E-state index contributed by atoms with van der Waals surface area (Å²) in [5.74, 6) is -0.0583. The monoisotopic (exact) mass is 293 g/mol. The molecule has 108 valence electrons. The number of likely N-dealkylation sites (tertiary alicyclic amines) is 1. The molecule has 1 aromatic heterocycles. The highest BCUT2D eigenvalue weighted by atomic mass is 32.1. The molecule has 5 nitrogen and oxygen atoms in total. The molecule has 1 saturated carbocycles. The van der Waals surface area contributed by atoms with Gasteiger partial charge in [-0.2, -0.15) is 0 Å². The molecule has 3 rings (SSSR count). The minimum absolute atomic E-state index is 0.0152. The smallest absolute Gasteiger partial charge is 0.247 e. The number of rotatable bonds is 4. The quantitative estimate of drug-likeness (QED) is 0.858. The third-order valence-electron chi connectivity index (χ3n) is 4.11. The zero-order valence-electron chi connectivity index (χ0n) is 11.4. The number of nitrogens with one attached hydrogen (secondary N) is 1. The highest BCUT2D eigenvalue weighted by Crippen LogP contribution is 2.27. The van der Waals surface area contributed by atoms with E-state index in [0.717, 1.165) is 30.7 Å². The van der Waals surface area contributed by atoms with Gasteiger partial charge in [-0.3, -0.25) is 19.8 Å². The van der Waals surface area contributed by atoms with Gasteiger partial charge in [0.2, 0.25) is 11.8 Å². The Morgan fingerprint density at radius 2 is 2.10 bits per heavy atom. The third kappa shape index (κ3) is 2.76. The number of carbonyl (C=O) groups is 2. The number of nitrogens with zero attached hydrogens (tertiary/aromatic N) is 2. The van der Waals surface area contributed by atoms with Gasteiger partial charge in [0.1, 0.15) is 5.01 Å². The molecule has 1 aromatic rings. The van der Waals surface area contributed by atoms with E-state index in [2.05, 4.69) is 10.3 Å². The SMILES string of the molecule is O=C1CC(NCc2nccs2)C(=O)N1C1CCCCC1. The molecule has 1 N–H and O–H groups in total. The van der Waals surface area contributed by atoms with Crippen molar-refractivity contribution in [3.63, 3.8) is 0 Å². The minimum atomic E-state index is -0.367. The van der Waals surface area contributed by atoms with Gasteiger partial charge >= 0.3 is 0 Å². The molecule has 2 amide bonds. The maximum absolute atomic E-state index is 12.4. The Kier molecular flexibility index (Phi) is 4.12. The zero-order chi connectivity index (χ0) is 13.9. The topological polar surface area (TPSA) is 62.3 Å². The van der Waals surface area contributed by atoms with E-state index in [4.69, 9.17) is 0 Å². The van der Waals surface area contributed by atoms with E-state index in [0.29, 0.717) is 13.0 Å². The average Bonchev–Trinajstić information content (AvgIpc) is 3.06. The number of aromatic nitrogens is 1. The fourth-order valence-electron chi connectivity index (χ4n) is 3.08. The van der Waals surface area contributed by atoms with Crippen LogP contribution in [0.4, 0.5) is 0 Å². The first kappa shape index (κ1) is 13.7. The summed E-state index contributed by atoms with van der Waals surface area (Å²) in [5, 5.41) is 6.02. The van der Waals surface area contributed by atoms with Crippen molar-refractivity contribution in [2.75, 3.05) is 0 Å². The van der Waals surface area contributed by atoms with Crippen LogP contribution in [0.25, 0.3) is 0 Å². The Bertz CT molecular complexity index is 483. The number of hydrogen-bond donors (Lipinski definition) is 1. The summed E-state index contributed by atoms with van der Waals surface area (Å²) >= 11 is 1.55. The molecule has 2 fully saturated rings. The Balaban J connectivity index is 1.60. The van der Waals surface area contributed by atoms with E-state index < -0.39 is 0 Å². The molecule has 2 aliphatic rings. The summed E-state index contributed by atoms with van der Waals surface area (Å²) in [4.78, 5) is 30.2. The van der Waals surface area contributed by atoms with Crippen LogP contribution < -0.4 is 5.32 Å². The molecule has 1 atom stereocenters. The van der Waals surface area contributed by atoms with Gasteiger partial charge in [-0.25, -0.2) is 4.98 Å². The summed E-state index contributed by atoms with van der Waals surface area (Å²) < 4.78 is 0. The van der Waals surface area contributed by atoms with Crippen LogP contribution in [0.1, 0.15) is 43.5 Å². The first-order valence-corrected chi connectivity index (χ1v) is 8.11. The first-order chi connectivity index (χ1) is 9.75. The molecule has 6 heteroatoms. The molecule has 1 saturated heterocycles. The molecule has 0 spiro atoms. The molecular formula is C14H19N3O2S. The predicted octanol–water partition coefficient (Wildman–Crippen LogP) is 1.69. The highest BCUT2D eigenvalue weighted by Gasteiger charge is 2.42. The molecule has 1 unspecified atom stereocenters. The van der Waals surface area contributed by atoms with E-state index in [1.54, 1.807) is 17.5 Å². The van der Waals surface area contributed by atoms with Crippen molar-refractivity contribution in [2.24, 2.45) is 0 Å². The van der Waals surface area contributed by atoms with Crippen LogP contribution in [-0.2, 0) is 16.1 Å². The predicted molar refractivity (Wildman–Crippen MR) is 76.1 cm³/mol. The second kappa shape index (κ2) is 6.01. The van der Waals surface area contributed by atoms with E-state index in [-0.39, 0.29) is 23.9 Å². The van der Waals surface area contributed by atoms with Gasteiger partial charge in [0, 0.05) is 24.2 Å². The Morgan fingerprint density at radius 3 is 2.80 bits per heavy atom. The maximum Gasteiger partial charge on any atom is 0.247 e. The second-order valence-electron chi connectivity index (χ2n) is 5.46. The summed E-state index contributed by atoms with van der Waals surface area (Å²) in [7, 11) is 0. The molecule has 0 aromatic carbocycles. The zero-order valence-corrected chi connectivity index (χ0v) is 12.2. The number of thiazole rings is 1. The van der Waals surface area contributed by atoms with Crippen molar-refractivity contribution in [1.29, 1.82) is 0 Å². The molecule has 0 bridgehead atoms. The summed E-state index contributed by atoms with van der Waals surface area (Å²) in [6, 6.07) is -0.233. The average molecular weight is 293 g/mol. The first-order valence-electron chi connectivity index (χ1n) is 7.23. The van der Waals surface area contributed by atoms with Gasteiger partial charge in [0.05, 0.1) is 12.5 Å². The van der Waals surface area contributed by atoms with Crippen molar-refractivity contribution in [1.82, 2.24) is 15.2 Å². The lowest BCUT2D eigenvalue weighted by Crippen LogP contribution is -2.44. The van der Waals surface area contributed by atoms with Crippen molar-refractivity contribution in [2.45, 2.75) is 57.2 Å². The molecule has 20 heavy (non-hydrogen) atoms. The fraction of sp³-hybridized carbons (Fsp3) is 0.643. The van der Waals surface area contributed by atoms with E-state index >= 15 is 0 Å². The van der Waals surface area contributed by atoms with Gasteiger partial charge in [0.25, 0.3) is 0 Å². The normalized spacial score (nSPS) is 24.6. The lowest BCUT2D eigenvalue weighted by molar-refractivity contribution is -0.142. The molecule has 0 radical (unpaired) electrons. The summed E-state index contributed by atoms with van der Waals surface area (Å²) in [6.45, 7) is 0.555. The lowest BCUT2D eigenvalue weighted by atomic mass is 9.94. The molecule has 2 heterocycles. The van der Waals surface area contributed by atoms with Crippen LogP contribution in [0.5, 0.6) is 0 Å². The summed E-state index contributed by atoms with van der Waals surface area (Å²) in [6.07, 6.45) is 7.45. The van der Waals surface area contributed by atoms with Crippen LogP contribution in [0.2, 0.25) is 0 Å². The van der Waals surface area contributed by atoms with Crippen LogP contribution in [0.15, 0.2) is 11.6 Å². The van der Waals surface area contributed by atoms with Crippen LogP contribution in [-0.4, -0.2) is 33.8 Å². The maximum atomic E-state index is 12.4. The Hall–Kier alpha value is -1.27. The largest absolute Gasteiger partial charge is 0.299 e. The van der Waals surface area contributed by atoms with Gasteiger partial charge in [-0.05, 0) is 12.8 Å². The number of amides is 2. The van der Waals surface area contributed by atoms with Gasteiger partial charge < -0.3 is 0 Å². The molecular weight excluding hydrogens is 274 g/mol. The highest BCUT2D eigenvalue weighted by molar-refractivity contribution is 7.09. The van der Waals surface area contributed by atoms with Gasteiger partial charge in [0.15, 0.2) is 0 Å². The second-order valence-corrected chi connectivity index (χ2v) is 6.44. The van der Waals surface area contributed by atoms with Crippen molar-refractivity contribution < 1.29 is 9.59 Å². The van der Waals surface area contributed by atoms with Crippen molar-refractivity contribution >= 4 is 23.2 Å². The Morgan fingerprint density at radius 1 is 1.30 bits per heavy atom. The molecule has 1 aliphatic heterocycles. The van der Waals surface area contributed by atoms with E-state index in [1.807, 2.05) is 5.38 Å². The number of carbonyl (C=O) groups excluding carboxylic acids is 2. The number of hydrogen-bond acceptors (Lipinski definition) is 5. The summed E-state index contributed by atoms with van der Waals surface area (Å²) in [5.41, 5.74) is 0. The van der Waals surface area contributed by atoms with Gasteiger partial charge in [-0.1, -0.05) is 19.3 Å². The van der Waals surface area contributed by atoms with E-state index in [1.165, 1.54) is 11.3 Å². The van der Waals surface area contributed by atoms with Gasteiger partial charge in [-0.15, -0.1) is 11.3 Å². The van der Waals surface area contributed by atoms with Crippen molar-refractivity contribution in [3.8, 4) is 0 Å². The fourth-order valence-corrected chi connectivity index (χ4v) is 3.65. The standard InChI is InChI=1S/C14H19N3O2S/c18-13-8-11(16-9-12-15-6-7-20-12)14(19)17(13)10-4-2-1-3-5-10/h6-7,10-11,16H,1-5,8-9H2. The number of imide groups is 1. The van der Waals surface area contributed by atoms with E-state index in [9.17, 15) is 9.59 Å².